The fraction of sp³-hybridized carbons (Fsp3) is 0.176. The van der Waals surface area contributed by atoms with Crippen molar-refractivity contribution in [3.05, 3.63) is 75.6 Å². The second-order valence-corrected chi connectivity index (χ2v) is 5.36. The van der Waals surface area contributed by atoms with Crippen molar-refractivity contribution < 1.29 is 24.0 Å². The lowest BCUT2D eigenvalue weighted by Crippen LogP contribution is -2.43. The number of aliphatic carboxylic acids is 1. The number of benzene rings is 2. The maximum atomic E-state index is 13.6. The second-order valence-electron chi connectivity index (χ2n) is 5.36. The predicted octanol–water partition coefficient (Wildman–Crippen LogP) is 2.09. The number of carbonyl (C=O) groups is 2. The van der Waals surface area contributed by atoms with Crippen molar-refractivity contribution in [1.29, 1.82) is 0 Å². The molecule has 2 N–H and O–H groups in total. The third-order valence-electron chi connectivity index (χ3n) is 3.50. The molecule has 0 aliphatic carbocycles. The van der Waals surface area contributed by atoms with E-state index in [1.807, 2.05) is 0 Å². The standard InChI is InChI=1S/C17H15FN2O5/c18-14-7-2-1-5-12(14)10-15(17(22)23)19-16(21)9-11-4-3-6-13(8-11)20(24)25/h1-8,15H,9-10H2,(H,19,21)(H,22,23)/t15-/m0/s1. The Morgan fingerprint density at radius 3 is 2.56 bits per heavy atom. The molecule has 0 bridgehead atoms. The van der Waals surface area contributed by atoms with Crippen molar-refractivity contribution in [2.75, 3.05) is 0 Å². The van der Waals surface area contributed by atoms with E-state index in [9.17, 15) is 29.2 Å². The molecule has 25 heavy (non-hydrogen) atoms. The first kappa shape index (κ1) is 18.1. The van der Waals surface area contributed by atoms with Crippen LogP contribution >= 0.6 is 0 Å². The number of carbonyl (C=O) groups excluding carboxylic acids is 1. The zero-order valence-electron chi connectivity index (χ0n) is 13.0. The van der Waals surface area contributed by atoms with Gasteiger partial charge in [0.15, 0.2) is 0 Å². The average molecular weight is 346 g/mol. The van der Waals surface area contributed by atoms with E-state index in [1.54, 1.807) is 6.07 Å². The first-order valence-corrected chi connectivity index (χ1v) is 7.35. The molecule has 2 aromatic carbocycles. The molecule has 0 radical (unpaired) electrons. The molecule has 2 rings (SSSR count). The van der Waals surface area contributed by atoms with E-state index in [0.717, 1.165) is 0 Å². The summed E-state index contributed by atoms with van der Waals surface area (Å²) in [6.45, 7) is 0. The van der Waals surface area contributed by atoms with E-state index in [2.05, 4.69) is 5.32 Å². The van der Waals surface area contributed by atoms with Gasteiger partial charge >= 0.3 is 5.97 Å². The zero-order chi connectivity index (χ0) is 18.4. The molecule has 0 unspecified atom stereocenters. The lowest BCUT2D eigenvalue weighted by molar-refractivity contribution is -0.384. The summed E-state index contributed by atoms with van der Waals surface area (Å²) in [5, 5.41) is 22.3. The summed E-state index contributed by atoms with van der Waals surface area (Å²) >= 11 is 0. The number of carboxylic acids is 1. The van der Waals surface area contributed by atoms with Gasteiger partial charge in [-0.2, -0.15) is 0 Å². The molecule has 0 aliphatic heterocycles. The van der Waals surface area contributed by atoms with Crippen LogP contribution in [0.15, 0.2) is 48.5 Å². The van der Waals surface area contributed by atoms with Gasteiger partial charge in [0.1, 0.15) is 11.9 Å². The fourth-order valence-corrected chi connectivity index (χ4v) is 2.29. The molecule has 7 nitrogen and oxygen atoms in total. The van der Waals surface area contributed by atoms with Crippen molar-refractivity contribution in [3.63, 3.8) is 0 Å². The van der Waals surface area contributed by atoms with Crippen LogP contribution in [0.25, 0.3) is 0 Å². The summed E-state index contributed by atoms with van der Waals surface area (Å²) in [5.74, 6) is -2.47. The third-order valence-corrected chi connectivity index (χ3v) is 3.50. The number of rotatable bonds is 7. The van der Waals surface area contributed by atoms with Crippen molar-refractivity contribution in [2.45, 2.75) is 18.9 Å². The Bertz CT molecular complexity index is 809. The van der Waals surface area contributed by atoms with Crippen molar-refractivity contribution in [3.8, 4) is 0 Å². The monoisotopic (exact) mass is 346 g/mol. The van der Waals surface area contributed by atoms with Crippen LogP contribution < -0.4 is 5.32 Å². The van der Waals surface area contributed by atoms with Crippen LogP contribution in [-0.2, 0) is 22.4 Å². The van der Waals surface area contributed by atoms with E-state index in [4.69, 9.17) is 0 Å². The quantitative estimate of drug-likeness (QED) is 0.589. The number of amides is 1. The Balaban J connectivity index is 2.05. The van der Waals surface area contributed by atoms with Gasteiger partial charge in [0, 0.05) is 18.6 Å². The molecule has 0 saturated heterocycles. The summed E-state index contributed by atoms with van der Waals surface area (Å²) in [6.07, 6.45) is -0.425. The highest BCUT2D eigenvalue weighted by atomic mass is 19.1. The van der Waals surface area contributed by atoms with Gasteiger partial charge in [-0.3, -0.25) is 14.9 Å². The van der Waals surface area contributed by atoms with Crippen LogP contribution in [0.3, 0.4) is 0 Å². The summed E-state index contributed by atoms with van der Waals surface area (Å²) in [7, 11) is 0. The van der Waals surface area contributed by atoms with Gasteiger partial charge in [-0.1, -0.05) is 30.3 Å². The van der Waals surface area contributed by atoms with Gasteiger partial charge in [-0.15, -0.1) is 0 Å². The first-order valence-electron chi connectivity index (χ1n) is 7.35. The Morgan fingerprint density at radius 2 is 1.92 bits per heavy atom. The highest BCUT2D eigenvalue weighted by molar-refractivity contribution is 5.85. The van der Waals surface area contributed by atoms with Gasteiger partial charge in [0.05, 0.1) is 11.3 Å². The maximum absolute atomic E-state index is 13.6. The van der Waals surface area contributed by atoms with Crippen LogP contribution in [0.5, 0.6) is 0 Å². The summed E-state index contributed by atoms with van der Waals surface area (Å²) in [4.78, 5) is 33.5. The van der Waals surface area contributed by atoms with Crippen LogP contribution in [0.1, 0.15) is 11.1 Å². The van der Waals surface area contributed by atoms with E-state index in [-0.39, 0.29) is 24.1 Å². The third kappa shape index (κ3) is 5.10. The molecule has 0 aliphatic rings. The average Bonchev–Trinajstić information content (AvgIpc) is 2.56. The van der Waals surface area contributed by atoms with Crippen LogP contribution in [-0.4, -0.2) is 27.9 Å². The van der Waals surface area contributed by atoms with E-state index < -0.39 is 28.7 Å². The number of nitrogens with one attached hydrogen (secondary N) is 1. The fourth-order valence-electron chi connectivity index (χ4n) is 2.29. The normalized spacial score (nSPS) is 11.6. The Hall–Kier alpha value is -3.29. The van der Waals surface area contributed by atoms with Crippen molar-refractivity contribution in [2.24, 2.45) is 0 Å². The Morgan fingerprint density at radius 1 is 1.20 bits per heavy atom. The molecule has 0 spiro atoms. The number of non-ortho nitro benzene ring substituents is 1. The van der Waals surface area contributed by atoms with E-state index in [1.165, 1.54) is 42.5 Å². The highest BCUT2D eigenvalue weighted by Crippen LogP contribution is 2.14. The molecule has 1 amide bonds. The minimum atomic E-state index is -1.30. The number of hydrogen-bond acceptors (Lipinski definition) is 4. The summed E-state index contributed by atoms with van der Waals surface area (Å²) < 4.78 is 13.6. The lowest BCUT2D eigenvalue weighted by atomic mass is 10.0. The minimum absolute atomic E-state index is 0.161. The molecular weight excluding hydrogens is 331 g/mol. The van der Waals surface area contributed by atoms with Crippen LogP contribution in [0.2, 0.25) is 0 Å². The van der Waals surface area contributed by atoms with Crippen LogP contribution in [0, 0.1) is 15.9 Å². The summed E-state index contributed by atoms with van der Waals surface area (Å²) in [5.41, 5.74) is 0.388. The molecule has 0 fully saturated rings. The molecule has 0 aromatic heterocycles. The molecule has 8 heteroatoms. The predicted molar refractivity (Wildman–Crippen MR) is 86.5 cm³/mol. The zero-order valence-corrected chi connectivity index (χ0v) is 13.0. The van der Waals surface area contributed by atoms with Gasteiger partial charge < -0.3 is 10.4 Å². The van der Waals surface area contributed by atoms with Crippen molar-refractivity contribution >= 4 is 17.6 Å². The number of halogens is 1. The maximum Gasteiger partial charge on any atom is 0.326 e. The Kier molecular flexibility index (Phi) is 5.78. The van der Waals surface area contributed by atoms with Crippen LogP contribution in [0.4, 0.5) is 10.1 Å². The van der Waals surface area contributed by atoms with Gasteiger partial charge in [-0.25, -0.2) is 9.18 Å². The van der Waals surface area contributed by atoms with Gasteiger partial charge in [-0.05, 0) is 17.2 Å². The molecule has 1 atom stereocenters. The number of hydrogen-bond donors (Lipinski definition) is 2. The number of nitro benzene ring substituents is 1. The van der Waals surface area contributed by atoms with E-state index in [0.29, 0.717) is 5.56 Å². The smallest absolute Gasteiger partial charge is 0.326 e. The van der Waals surface area contributed by atoms with Gasteiger partial charge in [0.25, 0.3) is 5.69 Å². The number of nitrogens with zero attached hydrogens (tertiary/aromatic N) is 1. The molecular formula is C17H15FN2O5. The number of carboxylic acid groups (broad SMARTS) is 1. The number of nitro groups is 1. The largest absolute Gasteiger partial charge is 0.480 e. The topological polar surface area (TPSA) is 110 Å². The molecule has 2 aromatic rings. The SMILES string of the molecule is O=C(Cc1cccc([N+](=O)[O-])c1)N[C@@H](Cc1ccccc1F)C(=O)O. The summed E-state index contributed by atoms with van der Waals surface area (Å²) in [6, 6.07) is 9.90. The Labute approximate surface area is 142 Å². The van der Waals surface area contributed by atoms with E-state index >= 15 is 0 Å². The minimum Gasteiger partial charge on any atom is -0.480 e. The van der Waals surface area contributed by atoms with Gasteiger partial charge in [0.2, 0.25) is 5.91 Å². The first-order chi connectivity index (χ1) is 11.9. The lowest BCUT2D eigenvalue weighted by Gasteiger charge is -2.15. The molecule has 0 saturated carbocycles. The van der Waals surface area contributed by atoms with Crippen molar-refractivity contribution in [1.82, 2.24) is 5.32 Å². The second kappa shape index (κ2) is 8.00. The highest BCUT2D eigenvalue weighted by Gasteiger charge is 2.22. The molecule has 0 heterocycles. The molecule has 130 valence electrons.